The molecule has 1 amide bonds. The second-order valence-electron chi connectivity index (χ2n) is 2.96. The van der Waals surface area contributed by atoms with Crippen LogP contribution in [0.4, 0.5) is 0 Å². The van der Waals surface area contributed by atoms with Gasteiger partial charge in [0.05, 0.1) is 14.2 Å². The molecule has 0 fully saturated rings. The van der Waals surface area contributed by atoms with Crippen molar-refractivity contribution in [3.05, 3.63) is 29.8 Å². The Bertz CT molecular complexity index is 379. The van der Waals surface area contributed by atoms with Crippen LogP contribution >= 0.6 is 0 Å². The van der Waals surface area contributed by atoms with Gasteiger partial charge in [-0.05, 0) is 23.8 Å². The van der Waals surface area contributed by atoms with E-state index in [0.717, 1.165) is 5.56 Å². The summed E-state index contributed by atoms with van der Waals surface area (Å²) in [6.45, 7) is 0. The third kappa shape index (κ3) is 3.29. The van der Waals surface area contributed by atoms with Gasteiger partial charge in [0, 0.05) is 12.1 Å². The van der Waals surface area contributed by atoms with E-state index in [0.29, 0.717) is 11.5 Å². The number of methoxy groups -OCH3 is 2. The molecule has 0 aliphatic carbocycles. The number of hydroxylamine groups is 1. The van der Waals surface area contributed by atoms with E-state index in [4.69, 9.17) is 14.7 Å². The Morgan fingerprint density at radius 1 is 1.25 bits per heavy atom. The highest BCUT2D eigenvalue weighted by Gasteiger charge is 1.99. The molecule has 5 heteroatoms. The molecule has 0 atom stereocenters. The van der Waals surface area contributed by atoms with E-state index in [9.17, 15) is 4.79 Å². The van der Waals surface area contributed by atoms with E-state index < -0.39 is 5.91 Å². The zero-order valence-corrected chi connectivity index (χ0v) is 9.06. The predicted octanol–water partition coefficient (Wildman–Crippen LogP) is 1.22. The second-order valence-corrected chi connectivity index (χ2v) is 2.96. The van der Waals surface area contributed by atoms with E-state index in [2.05, 4.69) is 0 Å². The third-order valence-electron chi connectivity index (χ3n) is 1.91. The van der Waals surface area contributed by atoms with Crippen LogP contribution in [0.15, 0.2) is 24.3 Å². The van der Waals surface area contributed by atoms with Gasteiger partial charge < -0.3 is 9.47 Å². The maximum absolute atomic E-state index is 10.8. The minimum Gasteiger partial charge on any atom is -0.497 e. The average molecular weight is 223 g/mol. The van der Waals surface area contributed by atoms with Crippen LogP contribution in [0, 0.1) is 0 Å². The Labute approximate surface area is 93.3 Å². The molecular weight excluding hydrogens is 210 g/mol. The largest absolute Gasteiger partial charge is 0.497 e. The maximum atomic E-state index is 10.8. The molecule has 0 aliphatic heterocycles. The van der Waals surface area contributed by atoms with E-state index in [-0.39, 0.29) is 0 Å². The Kier molecular flexibility index (Phi) is 4.35. The summed E-state index contributed by atoms with van der Waals surface area (Å²) in [4.78, 5) is 10.8. The summed E-state index contributed by atoms with van der Waals surface area (Å²) in [6, 6.07) is 5.21. The fraction of sp³-hybridized carbons (Fsp3) is 0.182. The Hall–Kier alpha value is -2.01. The third-order valence-corrected chi connectivity index (χ3v) is 1.91. The van der Waals surface area contributed by atoms with Crippen LogP contribution in [-0.4, -0.2) is 25.3 Å². The van der Waals surface area contributed by atoms with E-state index in [1.165, 1.54) is 17.6 Å². The second kappa shape index (κ2) is 5.77. The molecular formula is C11H13NO4. The smallest absolute Gasteiger partial charge is 0.267 e. The van der Waals surface area contributed by atoms with Crippen LogP contribution in [0.25, 0.3) is 6.08 Å². The number of benzene rings is 1. The number of rotatable bonds is 4. The first-order valence-corrected chi connectivity index (χ1v) is 4.55. The van der Waals surface area contributed by atoms with Gasteiger partial charge in [-0.15, -0.1) is 0 Å². The van der Waals surface area contributed by atoms with Gasteiger partial charge in [0.1, 0.15) is 11.5 Å². The highest BCUT2D eigenvalue weighted by atomic mass is 16.5. The summed E-state index contributed by atoms with van der Waals surface area (Å²) in [5.74, 6) is 0.661. The molecule has 0 spiro atoms. The van der Waals surface area contributed by atoms with Crippen molar-refractivity contribution in [3.8, 4) is 11.5 Å². The Morgan fingerprint density at radius 3 is 2.25 bits per heavy atom. The van der Waals surface area contributed by atoms with Gasteiger partial charge in [-0.3, -0.25) is 10.0 Å². The number of amides is 1. The van der Waals surface area contributed by atoms with Crippen LogP contribution in [-0.2, 0) is 4.79 Å². The molecule has 0 bridgehead atoms. The van der Waals surface area contributed by atoms with Gasteiger partial charge in [0.15, 0.2) is 0 Å². The zero-order valence-electron chi connectivity index (χ0n) is 9.06. The van der Waals surface area contributed by atoms with Gasteiger partial charge in [-0.2, -0.15) is 0 Å². The molecule has 1 aromatic rings. The summed E-state index contributed by atoms with van der Waals surface area (Å²) >= 11 is 0. The van der Waals surface area contributed by atoms with Crippen molar-refractivity contribution in [2.24, 2.45) is 0 Å². The van der Waals surface area contributed by atoms with Gasteiger partial charge >= 0.3 is 0 Å². The number of ether oxygens (including phenoxy) is 2. The van der Waals surface area contributed by atoms with Crippen LogP contribution in [0.2, 0.25) is 0 Å². The van der Waals surface area contributed by atoms with Gasteiger partial charge in [0.25, 0.3) is 5.91 Å². The van der Waals surface area contributed by atoms with E-state index in [1.54, 1.807) is 32.4 Å². The lowest BCUT2D eigenvalue weighted by Gasteiger charge is -2.05. The number of hydrogen-bond acceptors (Lipinski definition) is 4. The first-order valence-electron chi connectivity index (χ1n) is 4.55. The van der Waals surface area contributed by atoms with Crippen molar-refractivity contribution in [1.82, 2.24) is 5.48 Å². The number of nitrogens with one attached hydrogen (secondary N) is 1. The minimum absolute atomic E-state index is 0.596. The lowest BCUT2D eigenvalue weighted by molar-refractivity contribution is -0.124. The highest BCUT2D eigenvalue weighted by Crippen LogP contribution is 2.23. The van der Waals surface area contributed by atoms with E-state index >= 15 is 0 Å². The van der Waals surface area contributed by atoms with E-state index in [1.807, 2.05) is 0 Å². The number of hydrogen-bond donors (Lipinski definition) is 2. The van der Waals surface area contributed by atoms with Gasteiger partial charge in [0.2, 0.25) is 0 Å². The summed E-state index contributed by atoms with van der Waals surface area (Å²) < 4.78 is 10.1. The summed E-state index contributed by atoms with van der Waals surface area (Å²) in [7, 11) is 3.09. The fourth-order valence-electron chi connectivity index (χ4n) is 1.13. The molecule has 5 nitrogen and oxygen atoms in total. The monoisotopic (exact) mass is 223 g/mol. The van der Waals surface area contributed by atoms with Crippen molar-refractivity contribution < 1.29 is 19.5 Å². The number of carbonyl (C=O) groups is 1. The molecule has 1 rings (SSSR count). The topological polar surface area (TPSA) is 67.8 Å². The number of carbonyl (C=O) groups excluding carboxylic acids is 1. The fourth-order valence-corrected chi connectivity index (χ4v) is 1.13. The maximum Gasteiger partial charge on any atom is 0.267 e. The van der Waals surface area contributed by atoms with Gasteiger partial charge in [-0.25, -0.2) is 5.48 Å². The predicted molar refractivity (Wildman–Crippen MR) is 58.5 cm³/mol. The van der Waals surface area contributed by atoms with Crippen LogP contribution in [0.5, 0.6) is 11.5 Å². The molecule has 0 unspecified atom stereocenters. The minimum atomic E-state index is -0.596. The molecule has 0 radical (unpaired) electrons. The molecule has 16 heavy (non-hydrogen) atoms. The van der Waals surface area contributed by atoms with Crippen LogP contribution in [0.3, 0.4) is 0 Å². The molecule has 0 heterocycles. The Balaban J connectivity index is 2.95. The van der Waals surface area contributed by atoms with Crippen molar-refractivity contribution in [2.45, 2.75) is 0 Å². The van der Waals surface area contributed by atoms with Crippen molar-refractivity contribution in [3.63, 3.8) is 0 Å². The van der Waals surface area contributed by atoms with Crippen molar-refractivity contribution >= 4 is 12.0 Å². The first kappa shape index (κ1) is 12.1. The summed E-state index contributed by atoms with van der Waals surface area (Å²) in [6.07, 6.45) is 2.74. The lowest BCUT2D eigenvalue weighted by Crippen LogP contribution is -2.14. The quantitative estimate of drug-likeness (QED) is 0.457. The molecule has 0 aromatic heterocycles. The summed E-state index contributed by atoms with van der Waals surface area (Å²) in [5.41, 5.74) is 2.24. The van der Waals surface area contributed by atoms with Gasteiger partial charge in [-0.1, -0.05) is 0 Å². The standard InChI is InChI=1S/C11H13NO4/c1-15-9-5-8(3-4-11(13)12-14)6-10(7-9)16-2/h3-7,14H,1-2H3,(H,12,13)/b4-3+. The average Bonchev–Trinajstić information content (AvgIpc) is 2.35. The molecule has 86 valence electrons. The van der Waals surface area contributed by atoms with Crippen LogP contribution in [0.1, 0.15) is 5.56 Å². The molecule has 1 aromatic carbocycles. The summed E-state index contributed by atoms with van der Waals surface area (Å²) in [5, 5.41) is 8.31. The Morgan fingerprint density at radius 2 is 1.81 bits per heavy atom. The van der Waals surface area contributed by atoms with Crippen molar-refractivity contribution in [1.29, 1.82) is 0 Å². The normalized spacial score (nSPS) is 10.2. The lowest BCUT2D eigenvalue weighted by atomic mass is 10.2. The van der Waals surface area contributed by atoms with Crippen molar-refractivity contribution in [2.75, 3.05) is 14.2 Å². The molecule has 0 aliphatic rings. The molecule has 0 saturated heterocycles. The molecule has 0 saturated carbocycles. The molecule has 2 N–H and O–H groups in total. The first-order chi connectivity index (χ1) is 7.69. The highest BCUT2D eigenvalue weighted by molar-refractivity contribution is 5.90. The van der Waals surface area contributed by atoms with Crippen LogP contribution < -0.4 is 15.0 Å². The SMILES string of the molecule is COc1cc(/C=C/C(=O)NO)cc(OC)c1. The zero-order chi connectivity index (χ0) is 12.0.